The Morgan fingerprint density at radius 1 is 1.50 bits per heavy atom. The van der Waals surface area contributed by atoms with Crippen molar-refractivity contribution >= 4 is 5.97 Å². The van der Waals surface area contributed by atoms with Crippen molar-refractivity contribution in [1.82, 2.24) is 0 Å². The second-order valence-electron chi connectivity index (χ2n) is 3.10. The van der Waals surface area contributed by atoms with Crippen LogP contribution in [0.25, 0.3) is 0 Å². The summed E-state index contributed by atoms with van der Waals surface area (Å²) >= 11 is 0. The van der Waals surface area contributed by atoms with Crippen LogP contribution in [0.3, 0.4) is 0 Å². The van der Waals surface area contributed by atoms with Crippen molar-refractivity contribution in [3.05, 3.63) is 0 Å². The number of rotatable bonds is 3. The smallest absolute Gasteiger partial charge is 0.307 e. The number of ether oxygens (including phenoxy) is 1. The molecule has 0 bridgehead atoms. The Hall–Kier alpha value is -0.970. The second-order valence-corrected chi connectivity index (χ2v) is 3.10. The van der Waals surface area contributed by atoms with Gasteiger partial charge in [-0.15, -0.1) is 12.3 Å². The molecule has 0 aromatic rings. The Morgan fingerprint density at radius 2 is 2.17 bits per heavy atom. The molecule has 1 fully saturated rings. The van der Waals surface area contributed by atoms with E-state index in [1.54, 1.807) is 0 Å². The number of carbonyl (C=O) groups is 1. The summed E-state index contributed by atoms with van der Waals surface area (Å²) in [6.07, 6.45) is 10.5. The molecule has 1 rings (SSSR count). The van der Waals surface area contributed by atoms with Crippen molar-refractivity contribution in [2.75, 3.05) is 0 Å². The van der Waals surface area contributed by atoms with Gasteiger partial charge in [0.15, 0.2) is 0 Å². The Balaban J connectivity index is 2.13. The number of hydrogen-bond acceptors (Lipinski definition) is 2. The maximum absolute atomic E-state index is 11.0. The zero-order valence-corrected chi connectivity index (χ0v) is 7.21. The molecule has 0 unspecified atom stereocenters. The van der Waals surface area contributed by atoms with Crippen molar-refractivity contribution in [1.29, 1.82) is 0 Å². The van der Waals surface area contributed by atoms with E-state index in [0.717, 1.165) is 12.8 Å². The molecule has 12 heavy (non-hydrogen) atoms. The molecule has 0 aliphatic heterocycles. The standard InChI is InChI=1S/C10H14O2/c1-2-3-8-10(11)12-9-6-4-5-7-9/h1,9H,3-8H2. The van der Waals surface area contributed by atoms with Gasteiger partial charge in [0.1, 0.15) is 6.10 Å². The Bertz CT molecular complexity index is 185. The molecule has 0 atom stereocenters. The second kappa shape index (κ2) is 4.82. The largest absolute Gasteiger partial charge is 0.462 e. The summed E-state index contributed by atoms with van der Waals surface area (Å²) in [6, 6.07) is 0. The number of esters is 1. The molecule has 66 valence electrons. The quantitative estimate of drug-likeness (QED) is 0.472. The van der Waals surface area contributed by atoms with E-state index in [9.17, 15) is 4.79 Å². The van der Waals surface area contributed by atoms with Gasteiger partial charge in [0.25, 0.3) is 0 Å². The molecular weight excluding hydrogens is 152 g/mol. The highest BCUT2D eigenvalue weighted by Crippen LogP contribution is 2.21. The average Bonchev–Trinajstić information content (AvgIpc) is 2.53. The summed E-state index contributed by atoms with van der Waals surface area (Å²) in [4.78, 5) is 11.0. The maximum atomic E-state index is 11.0. The van der Waals surface area contributed by atoms with Gasteiger partial charge in [-0.1, -0.05) is 0 Å². The Morgan fingerprint density at radius 3 is 2.75 bits per heavy atom. The van der Waals surface area contributed by atoms with Crippen LogP contribution in [-0.2, 0) is 9.53 Å². The van der Waals surface area contributed by atoms with Crippen LogP contribution < -0.4 is 0 Å². The van der Waals surface area contributed by atoms with Gasteiger partial charge < -0.3 is 4.74 Å². The van der Waals surface area contributed by atoms with E-state index in [2.05, 4.69) is 5.92 Å². The first-order valence-electron chi connectivity index (χ1n) is 4.46. The van der Waals surface area contributed by atoms with Gasteiger partial charge >= 0.3 is 5.97 Å². The van der Waals surface area contributed by atoms with Gasteiger partial charge in [-0.2, -0.15) is 0 Å². The lowest BCUT2D eigenvalue weighted by Crippen LogP contribution is -2.13. The van der Waals surface area contributed by atoms with Gasteiger partial charge in [-0.05, 0) is 25.7 Å². The van der Waals surface area contributed by atoms with Crippen LogP contribution in [0.1, 0.15) is 38.5 Å². The highest BCUT2D eigenvalue weighted by Gasteiger charge is 2.18. The number of terminal acetylenes is 1. The van der Waals surface area contributed by atoms with Crippen LogP contribution >= 0.6 is 0 Å². The van der Waals surface area contributed by atoms with Crippen LogP contribution in [0.5, 0.6) is 0 Å². The summed E-state index contributed by atoms with van der Waals surface area (Å²) in [6.45, 7) is 0. The van der Waals surface area contributed by atoms with Gasteiger partial charge in [0.05, 0.1) is 6.42 Å². The van der Waals surface area contributed by atoms with Gasteiger partial charge in [-0.25, -0.2) is 0 Å². The molecule has 0 aromatic carbocycles. The lowest BCUT2D eigenvalue weighted by molar-refractivity contribution is -0.148. The normalized spacial score (nSPS) is 17.2. The molecule has 2 nitrogen and oxygen atoms in total. The summed E-state index contributed by atoms with van der Waals surface area (Å²) in [5.41, 5.74) is 0. The first-order chi connectivity index (χ1) is 5.83. The van der Waals surface area contributed by atoms with Gasteiger partial charge in [-0.3, -0.25) is 4.79 Å². The minimum absolute atomic E-state index is 0.139. The van der Waals surface area contributed by atoms with Crippen LogP contribution in [0.15, 0.2) is 0 Å². The van der Waals surface area contributed by atoms with Crippen LogP contribution in [0.2, 0.25) is 0 Å². The first-order valence-corrected chi connectivity index (χ1v) is 4.46. The number of carbonyl (C=O) groups excluding carboxylic acids is 1. The zero-order valence-electron chi connectivity index (χ0n) is 7.21. The molecular formula is C10H14O2. The van der Waals surface area contributed by atoms with E-state index >= 15 is 0 Å². The first kappa shape index (κ1) is 9.12. The third-order valence-electron chi connectivity index (χ3n) is 2.07. The van der Waals surface area contributed by atoms with Crippen molar-refractivity contribution in [3.8, 4) is 12.3 Å². The van der Waals surface area contributed by atoms with Crippen LogP contribution in [0, 0.1) is 12.3 Å². The molecule has 0 heterocycles. The van der Waals surface area contributed by atoms with Crippen molar-refractivity contribution < 1.29 is 9.53 Å². The molecule has 0 N–H and O–H groups in total. The fraction of sp³-hybridized carbons (Fsp3) is 0.700. The van der Waals surface area contributed by atoms with E-state index in [1.807, 2.05) is 0 Å². The van der Waals surface area contributed by atoms with Crippen molar-refractivity contribution in [2.45, 2.75) is 44.6 Å². The van der Waals surface area contributed by atoms with Crippen molar-refractivity contribution in [2.24, 2.45) is 0 Å². The predicted molar refractivity (Wildman–Crippen MR) is 46.4 cm³/mol. The summed E-state index contributed by atoms with van der Waals surface area (Å²) in [5, 5.41) is 0. The monoisotopic (exact) mass is 166 g/mol. The van der Waals surface area contributed by atoms with E-state index in [-0.39, 0.29) is 12.1 Å². The fourth-order valence-electron chi connectivity index (χ4n) is 1.43. The lowest BCUT2D eigenvalue weighted by atomic mass is 10.3. The molecule has 1 saturated carbocycles. The molecule has 0 saturated heterocycles. The van der Waals surface area contributed by atoms with Gasteiger partial charge in [0, 0.05) is 6.42 Å². The van der Waals surface area contributed by atoms with E-state index in [1.165, 1.54) is 12.8 Å². The van der Waals surface area contributed by atoms with Crippen LogP contribution in [-0.4, -0.2) is 12.1 Å². The Labute approximate surface area is 73.3 Å². The lowest BCUT2D eigenvalue weighted by Gasteiger charge is -2.09. The molecule has 2 heteroatoms. The summed E-state index contributed by atoms with van der Waals surface area (Å²) in [7, 11) is 0. The predicted octanol–water partition coefficient (Wildman–Crippen LogP) is 1.89. The zero-order chi connectivity index (χ0) is 8.81. The number of hydrogen-bond donors (Lipinski definition) is 0. The topological polar surface area (TPSA) is 26.3 Å². The average molecular weight is 166 g/mol. The fourth-order valence-corrected chi connectivity index (χ4v) is 1.43. The van der Waals surface area contributed by atoms with Crippen molar-refractivity contribution in [3.63, 3.8) is 0 Å². The van der Waals surface area contributed by atoms with Gasteiger partial charge in [0.2, 0.25) is 0 Å². The minimum Gasteiger partial charge on any atom is -0.462 e. The van der Waals surface area contributed by atoms with E-state index in [0.29, 0.717) is 12.8 Å². The molecule has 1 aliphatic rings. The minimum atomic E-state index is -0.139. The SMILES string of the molecule is C#CCCC(=O)OC1CCCC1. The highest BCUT2D eigenvalue weighted by atomic mass is 16.5. The molecule has 1 aliphatic carbocycles. The molecule has 0 spiro atoms. The Kier molecular flexibility index (Phi) is 3.66. The van der Waals surface area contributed by atoms with Crippen LogP contribution in [0.4, 0.5) is 0 Å². The third-order valence-corrected chi connectivity index (χ3v) is 2.07. The summed E-state index contributed by atoms with van der Waals surface area (Å²) in [5.74, 6) is 2.28. The molecule has 0 radical (unpaired) electrons. The summed E-state index contributed by atoms with van der Waals surface area (Å²) < 4.78 is 5.18. The maximum Gasteiger partial charge on any atom is 0.307 e. The highest BCUT2D eigenvalue weighted by molar-refractivity contribution is 5.69. The molecule has 0 amide bonds. The van der Waals surface area contributed by atoms with E-state index in [4.69, 9.17) is 11.2 Å². The molecule has 0 aromatic heterocycles. The van der Waals surface area contributed by atoms with E-state index < -0.39 is 0 Å². The third kappa shape index (κ3) is 2.96.